The lowest BCUT2D eigenvalue weighted by Crippen LogP contribution is -2.58. The number of aliphatic hydroxyl groups excluding tert-OH is 2. The molecule has 6 atom stereocenters. The lowest BCUT2D eigenvalue weighted by Gasteiger charge is -2.47. The van der Waals surface area contributed by atoms with E-state index in [1.807, 2.05) is 36.4 Å². The van der Waals surface area contributed by atoms with E-state index < -0.39 is 43.6 Å². The Morgan fingerprint density at radius 3 is 1.93 bits per heavy atom. The van der Waals surface area contributed by atoms with E-state index in [2.05, 4.69) is 26.0 Å². The van der Waals surface area contributed by atoms with E-state index in [9.17, 15) is 10.2 Å². The Morgan fingerprint density at radius 2 is 1.40 bits per heavy atom. The summed E-state index contributed by atoms with van der Waals surface area (Å²) in [5, 5.41) is 20.0. The summed E-state index contributed by atoms with van der Waals surface area (Å²) in [6.45, 7) is 4.10. The van der Waals surface area contributed by atoms with Crippen LogP contribution in [0.1, 0.15) is 48.7 Å². The molecule has 0 saturated carbocycles. The van der Waals surface area contributed by atoms with E-state index in [-0.39, 0.29) is 0 Å². The number of aryl methyl sites for hydroxylation is 2. The number of aliphatic hydroxyl groups is 2. The minimum Gasteiger partial charge on any atom is -0.394 e. The monoisotopic (exact) mass is 414 g/mol. The predicted molar refractivity (Wildman–Crippen MR) is 111 cm³/mol. The molecular weight excluding hydrogens is 384 g/mol. The summed E-state index contributed by atoms with van der Waals surface area (Å²) < 4.78 is 24.3. The fourth-order valence-corrected chi connectivity index (χ4v) is 3.93. The first-order chi connectivity index (χ1) is 14.6. The first kappa shape index (κ1) is 21.4. The zero-order chi connectivity index (χ0) is 21.1. The van der Waals surface area contributed by atoms with Gasteiger partial charge in [0.2, 0.25) is 0 Å². The van der Waals surface area contributed by atoms with E-state index >= 15 is 0 Å². The highest BCUT2D eigenvalue weighted by Gasteiger charge is 2.48. The van der Waals surface area contributed by atoms with Crippen LogP contribution in [-0.4, -0.2) is 47.8 Å². The van der Waals surface area contributed by atoms with Crippen molar-refractivity contribution in [1.29, 1.82) is 0 Å². The van der Waals surface area contributed by atoms with Crippen LogP contribution in [0.2, 0.25) is 0 Å². The molecule has 4 rings (SSSR count). The minimum absolute atomic E-state index is 0.312. The van der Waals surface area contributed by atoms with Crippen LogP contribution in [0.3, 0.4) is 0 Å². The average molecular weight is 414 g/mol. The van der Waals surface area contributed by atoms with Gasteiger partial charge in [0.15, 0.2) is 12.6 Å². The van der Waals surface area contributed by atoms with E-state index in [1.54, 1.807) is 0 Å². The summed E-state index contributed by atoms with van der Waals surface area (Å²) in [6, 6.07) is 16.1. The third kappa shape index (κ3) is 4.44. The largest absolute Gasteiger partial charge is 0.394 e. The highest BCUT2D eigenvalue weighted by Crippen LogP contribution is 2.39. The van der Waals surface area contributed by atoms with Crippen molar-refractivity contribution in [2.24, 2.45) is 0 Å². The van der Waals surface area contributed by atoms with E-state index in [0.29, 0.717) is 6.61 Å². The zero-order valence-electron chi connectivity index (χ0n) is 17.4. The van der Waals surface area contributed by atoms with E-state index in [0.717, 1.165) is 24.0 Å². The summed E-state index contributed by atoms with van der Waals surface area (Å²) in [7, 11) is 0. The molecule has 2 N–H and O–H groups in total. The van der Waals surface area contributed by atoms with Gasteiger partial charge < -0.3 is 29.2 Å². The molecule has 2 aromatic rings. The van der Waals surface area contributed by atoms with Gasteiger partial charge in [0.1, 0.15) is 24.4 Å². The zero-order valence-corrected chi connectivity index (χ0v) is 17.4. The van der Waals surface area contributed by atoms with Crippen LogP contribution in [0.25, 0.3) is 0 Å². The van der Waals surface area contributed by atoms with Gasteiger partial charge in [-0.15, -0.1) is 0 Å². The molecule has 0 bridgehead atoms. The number of hydrogen-bond donors (Lipinski definition) is 2. The molecule has 2 aliphatic rings. The molecule has 30 heavy (non-hydrogen) atoms. The van der Waals surface area contributed by atoms with Crippen LogP contribution < -0.4 is 0 Å². The molecule has 0 aliphatic carbocycles. The second-order valence-electron chi connectivity index (χ2n) is 7.81. The molecule has 2 aliphatic heterocycles. The Labute approximate surface area is 177 Å². The molecule has 6 heteroatoms. The highest BCUT2D eigenvalue weighted by atomic mass is 16.8. The van der Waals surface area contributed by atoms with Crippen LogP contribution >= 0.6 is 0 Å². The Bertz CT molecular complexity index is 803. The van der Waals surface area contributed by atoms with Gasteiger partial charge in [-0.25, -0.2) is 0 Å². The van der Waals surface area contributed by atoms with Gasteiger partial charge >= 0.3 is 0 Å². The van der Waals surface area contributed by atoms with Crippen LogP contribution in [0.15, 0.2) is 48.5 Å². The van der Waals surface area contributed by atoms with Crippen molar-refractivity contribution in [2.45, 2.75) is 63.7 Å². The molecular formula is C24H30O6. The molecule has 2 aromatic carbocycles. The van der Waals surface area contributed by atoms with Crippen LogP contribution in [0.5, 0.6) is 0 Å². The lowest BCUT2D eigenvalue weighted by molar-refractivity contribution is -0.373. The van der Waals surface area contributed by atoms with Crippen molar-refractivity contribution in [3.8, 4) is 0 Å². The van der Waals surface area contributed by atoms with Gasteiger partial charge in [0.25, 0.3) is 0 Å². The maximum atomic E-state index is 10.4. The molecule has 0 spiro atoms. The van der Waals surface area contributed by atoms with E-state index in [4.69, 9.17) is 18.9 Å². The van der Waals surface area contributed by atoms with Gasteiger partial charge in [0, 0.05) is 11.1 Å². The fourth-order valence-electron chi connectivity index (χ4n) is 3.93. The van der Waals surface area contributed by atoms with Crippen molar-refractivity contribution in [2.75, 3.05) is 13.2 Å². The number of benzene rings is 2. The Morgan fingerprint density at radius 1 is 0.833 bits per heavy atom. The SMILES string of the molecule is CCc1ccc([C@@H]2OC[C@@H]3O[C@@H](c4ccc(CC)cc4)O[C@H]([C@H](O)CO)[C@H]3O2)cc1. The maximum absolute atomic E-state index is 10.4. The topological polar surface area (TPSA) is 77.4 Å². The number of rotatable bonds is 6. The van der Waals surface area contributed by atoms with Crippen LogP contribution in [0.4, 0.5) is 0 Å². The molecule has 2 saturated heterocycles. The van der Waals surface area contributed by atoms with Gasteiger partial charge in [0.05, 0.1) is 13.2 Å². The van der Waals surface area contributed by atoms with Crippen LogP contribution in [0, 0.1) is 0 Å². The smallest absolute Gasteiger partial charge is 0.184 e. The Hall–Kier alpha value is -1.80. The Kier molecular flexibility index (Phi) is 6.83. The second kappa shape index (κ2) is 9.56. The molecule has 0 amide bonds. The standard InChI is InChI=1S/C24H30O6/c1-3-15-5-9-17(10-6-15)23-27-14-20-22(30-23)21(19(26)13-25)29-24(28-20)18-11-7-16(4-2)8-12-18/h5-12,19-26H,3-4,13-14H2,1-2H3/t19-,20+,21-,22+,23-,24-/m1/s1. The van der Waals surface area contributed by atoms with Crippen molar-refractivity contribution in [3.05, 3.63) is 70.8 Å². The maximum Gasteiger partial charge on any atom is 0.184 e. The molecule has 0 unspecified atom stereocenters. The van der Waals surface area contributed by atoms with E-state index in [1.165, 1.54) is 11.1 Å². The molecule has 162 valence electrons. The lowest BCUT2D eigenvalue weighted by atomic mass is 9.99. The first-order valence-electron chi connectivity index (χ1n) is 10.7. The normalized spacial score (nSPS) is 29.9. The summed E-state index contributed by atoms with van der Waals surface area (Å²) in [5.74, 6) is 0. The number of ether oxygens (including phenoxy) is 4. The molecule has 2 fully saturated rings. The summed E-state index contributed by atoms with van der Waals surface area (Å²) >= 11 is 0. The first-order valence-corrected chi connectivity index (χ1v) is 10.7. The van der Waals surface area contributed by atoms with Gasteiger partial charge in [-0.05, 0) is 24.0 Å². The second-order valence-corrected chi connectivity index (χ2v) is 7.81. The molecule has 0 aromatic heterocycles. The quantitative estimate of drug-likeness (QED) is 0.757. The van der Waals surface area contributed by atoms with Crippen molar-refractivity contribution in [1.82, 2.24) is 0 Å². The Balaban J connectivity index is 1.52. The fraction of sp³-hybridized carbons (Fsp3) is 0.500. The van der Waals surface area contributed by atoms with Gasteiger partial charge in [-0.1, -0.05) is 62.4 Å². The number of fused-ring (bicyclic) bond motifs is 1. The highest BCUT2D eigenvalue weighted by molar-refractivity contribution is 5.25. The predicted octanol–water partition coefficient (Wildman–Crippen LogP) is 3.06. The summed E-state index contributed by atoms with van der Waals surface area (Å²) in [6.07, 6.45) is -2.09. The summed E-state index contributed by atoms with van der Waals surface area (Å²) in [4.78, 5) is 0. The summed E-state index contributed by atoms with van der Waals surface area (Å²) in [5.41, 5.74) is 4.22. The van der Waals surface area contributed by atoms with Crippen molar-refractivity contribution >= 4 is 0 Å². The third-order valence-corrected chi connectivity index (χ3v) is 5.85. The minimum atomic E-state index is -1.08. The molecule has 2 heterocycles. The molecule has 6 nitrogen and oxygen atoms in total. The van der Waals surface area contributed by atoms with Crippen molar-refractivity contribution in [3.63, 3.8) is 0 Å². The van der Waals surface area contributed by atoms with Gasteiger partial charge in [-0.2, -0.15) is 0 Å². The van der Waals surface area contributed by atoms with Crippen molar-refractivity contribution < 1.29 is 29.2 Å². The molecule has 0 radical (unpaired) electrons. The third-order valence-electron chi connectivity index (χ3n) is 5.85. The van der Waals surface area contributed by atoms with Gasteiger partial charge in [-0.3, -0.25) is 0 Å². The van der Waals surface area contributed by atoms with Crippen LogP contribution in [-0.2, 0) is 31.8 Å². The number of hydrogen-bond acceptors (Lipinski definition) is 6. The average Bonchev–Trinajstić information content (AvgIpc) is 2.82.